The predicted molar refractivity (Wildman–Crippen MR) is 48.7 cm³/mol. The van der Waals surface area contributed by atoms with Crippen LogP contribution in [0.4, 0.5) is 13.2 Å². The molecule has 0 spiro atoms. The molecule has 0 saturated heterocycles. The Balaban J connectivity index is 2.25. The van der Waals surface area contributed by atoms with Gasteiger partial charge in [0.25, 0.3) is 0 Å². The quantitative estimate of drug-likeness (QED) is 0.851. The number of carbonyl (C=O) groups is 1. The van der Waals surface area contributed by atoms with Gasteiger partial charge in [0, 0.05) is 6.20 Å². The van der Waals surface area contributed by atoms with Crippen LogP contribution >= 0.6 is 0 Å². The van der Waals surface area contributed by atoms with Crippen LogP contribution in [0.25, 0.3) is 11.0 Å². The van der Waals surface area contributed by atoms with Crippen molar-refractivity contribution in [2.75, 3.05) is 0 Å². The Labute approximate surface area is 87.5 Å². The second-order valence-electron chi connectivity index (χ2n) is 3.17. The van der Waals surface area contributed by atoms with Gasteiger partial charge in [0.05, 0.1) is 23.7 Å². The van der Waals surface area contributed by atoms with Gasteiger partial charge >= 0.3 is 6.18 Å². The molecule has 0 atom stereocenters. The maximum atomic E-state index is 12.0. The maximum absolute atomic E-state index is 12.0. The molecule has 0 fully saturated rings. The fourth-order valence-corrected chi connectivity index (χ4v) is 1.25. The fraction of sp³-hybridized carbons (Fsp3) is 0.222. The molecular formula is C9H6F3N3O. The second kappa shape index (κ2) is 3.58. The van der Waals surface area contributed by atoms with Crippen LogP contribution in [0.5, 0.6) is 0 Å². The van der Waals surface area contributed by atoms with E-state index in [0.717, 1.165) is 0 Å². The molecule has 0 aliphatic heterocycles. The number of hydrogen-bond donors (Lipinski definition) is 1. The summed E-state index contributed by atoms with van der Waals surface area (Å²) in [5.74, 6) is -1.83. The van der Waals surface area contributed by atoms with E-state index in [1.165, 1.54) is 12.4 Å². The van der Waals surface area contributed by atoms with Gasteiger partial charge in [-0.15, -0.1) is 0 Å². The second-order valence-corrected chi connectivity index (χ2v) is 3.17. The van der Waals surface area contributed by atoms with Crippen molar-refractivity contribution >= 4 is 16.8 Å². The Morgan fingerprint density at radius 1 is 1.44 bits per heavy atom. The van der Waals surface area contributed by atoms with Crippen molar-refractivity contribution in [2.24, 2.45) is 0 Å². The molecule has 7 heteroatoms. The molecule has 0 aromatic carbocycles. The molecule has 0 amide bonds. The number of aromatic amines is 1. The number of H-pyrrole nitrogens is 1. The number of nitrogens with one attached hydrogen (secondary N) is 1. The molecule has 2 aromatic rings. The van der Waals surface area contributed by atoms with Crippen LogP contribution in [0.2, 0.25) is 0 Å². The van der Waals surface area contributed by atoms with Gasteiger partial charge in [0.1, 0.15) is 5.82 Å². The first-order valence-electron chi connectivity index (χ1n) is 4.35. The average Bonchev–Trinajstić information content (AvgIpc) is 2.58. The lowest BCUT2D eigenvalue weighted by Gasteiger charge is -2.01. The van der Waals surface area contributed by atoms with Crippen molar-refractivity contribution in [3.8, 4) is 0 Å². The highest BCUT2D eigenvalue weighted by atomic mass is 19.4. The summed E-state index contributed by atoms with van der Waals surface area (Å²) in [4.78, 5) is 20.9. The molecule has 16 heavy (non-hydrogen) atoms. The monoisotopic (exact) mass is 229 g/mol. The largest absolute Gasteiger partial charge is 0.450 e. The highest BCUT2D eigenvalue weighted by Gasteiger charge is 2.38. The summed E-state index contributed by atoms with van der Waals surface area (Å²) in [6.07, 6.45) is -2.70. The Bertz CT molecular complexity index is 499. The van der Waals surface area contributed by atoms with E-state index in [-0.39, 0.29) is 5.82 Å². The number of imidazole rings is 1. The molecule has 1 N–H and O–H groups in total. The minimum atomic E-state index is -4.82. The molecule has 0 saturated carbocycles. The number of rotatable bonds is 2. The van der Waals surface area contributed by atoms with Crippen molar-refractivity contribution in [3.63, 3.8) is 0 Å². The van der Waals surface area contributed by atoms with Crippen LogP contribution in [0.3, 0.4) is 0 Å². The number of alkyl halides is 3. The molecule has 2 heterocycles. The number of ketones is 1. The Hall–Kier alpha value is -1.92. The SMILES string of the molecule is O=C(Cc1nc2ccncc2[nH]1)C(F)(F)F. The van der Waals surface area contributed by atoms with Crippen LogP contribution in [-0.4, -0.2) is 26.9 Å². The van der Waals surface area contributed by atoms with Crippen LogP contribution in [-0.2, 0) is 11.2 Å². The number of nitrogens with zero attached hydrogens (tertiary/aromatic N) is 2. The molecule has 2 aromatic heterocycles. The van der Waals surface area contributed by atoms with Gasteiger partial charge in [-0.1, -0.05) is 0 Å². The molecule has 0 aliphatic carbocycles. The van der Waals surface area contributed by atoms with Crippen LogP contribution in [0.1, 0.15) is 5.82 Å². The average molecular weight is 229 g/mol. The van der Waals surface area contributed by atoms with Crippen molar-refractivity contribution in [1.29, 1.82) is 0 Å². The minimum Gasteiger partial charge on any atom is -0.340 e. The van der Waals surface area contributed by atoms with E-state index in [1.807, 2.05) is 0 Å². The summed E-state index contributed by atoms with van der Waals surface area (Å²) in [6.45, 7) is 0. The van der Waals surface area contributed by atoms with E-state index in [4.69, 9.17) is 0 Å². The van der Waals surface area contributed by atoms with Crippen LogP contribution < -0.4 is 0 Å². The summed E-state index contributed by atoms with van der Waals surface area (Å²) >= 11 is 0. The number of fused-ring (bicyclic) bond motifs is 1. The van der Waals surface area contributed by atoms with Crippen molar-refractivity contribution in [1.82, 2.24) is 15.0 Å². The Kier molecular flexibility index (Phi) is 2.37. The number of Topliss-reactive ketones (excluding diaryl/α,β-unsaturated/α-hetero) is 1. The summed E-state index contributed by atoms with van der Waals surface area (Å²) in [5, 5.41) is 0. The third-order valence-corrected chi connectivity index (χ3v) is 1.98. The summed E-state index contributed by atoms with van der Waals surface area (Å²) in [6, 6.07) is 1.55. The predicted octanol–water partition coefficient (Wildman–Crippen LogP) is 1.63. The fourth-order valence-electron chi connectivity index (χ4n) is 1.25. The van der Waals surface area contributed by atoms with Crippen molar-refractivity contribution in [3.05, 3.63) is 24.3 Å². The standard InChI is InChI=1S/C9H6F3N3O/c10-9(11,12)7(16)3-8-14-5-1-2-13-4-6(5)15-8/h1-2,4H,3H2,(H,14,15). The smallest absolute Gasteiger partial charge is 0.340 e. The lowest BCUT2D eigenvalue weighted by atomic mass is 10.3. The van der Waals surface area contributed by atoms with Crippen LogP contribution in [0.15, 0.2) is 18.5 Å². The molecular weight excluding hydrogens is 223 g/mol. The van der Waals surface area contributed by atoms with E-state index in [9.17, 15) is 18.0 Å². The molecule has 0 unspecified atom stereocenters. The highest BCUT2D eigenvalue weighted by molar-refractivity contribution is 5.86. The van der Waals surface area contributed by atoms with Gasteiger partial charge in [0.15, 0.2) is 0 Å². The Morgan fingerprint density at radius 2 is 2.19 bits per heavy atom. The van der Waals surface area contributed by atoms with Gasteiger partial charge in [-0.3, -0.25) is 9.78 Å². The molecule has 4 nitrogen and oxygen atoms in total. The van der Waals surface area contributed by atoms with Crippen molar-refractivity contribution < 1.29 is 18.0 Å². The lowest BCUT2D eigenvalue weighted by Crippen LogP contribution is -2.24. The third-order valence-electron chi connectivity index (χ3n) is 1.98. The summed E-state index contributed by atoms with van der Waals surface area (Å²) in [5.41, 5.74) is 0.993. The topological polar surface area (TPSA) is 58.6 Å². The third kappa shape index (κ3) is 2.02. The highest BCUT2D eigenvalue weighted by Crippen LogP contribution is 2.18. The minimum absolute atomic E-state index is 0.00896. The summed E-state index contributed by atoms with van der Waals surface area (Å²) < 4.78 is 36.0. The molecule has 84 valence electrons. The van der Waals surface area contributed by atoms with Crippen LogP contribution in [0, 0.1) is 0 Å². The number of pyridine rings is 1. The van der Waals surface area contributed by atoms with Gasteiger partial charge in [0.2, 0.25) is 5.78 Å². The Morgan fingerprint density at radius 3 is 2.81 bits per heavy atom. The van der Waals surface area contributed by atoms with E-state index < -0.39 is 18.4 Å². The van der Waals surface area contributed by atoms with Gasteiger partial charge in [-0.25, -0.2) is 4.98 Å². The first kappa shape index (κ1) is 10.6. The number of carbonyl (C=O) groups excluding carboxylic acids is 1. The zero-order valence-electron chi connectivity index (χ0n) is 7.88. The number of halogens is 3. The number of hydrogen-bond acceptors (Lipinski definition) is 3. The lowest BCUT2D eigenvalue weighted by molar-refractivity contribution is -0.170. The van der Waals surface area contributed by atoms with E-state index in [0.29, 0.717) is 11.0 Å². The summed E-state index contributed by atoms with van der Waals surface area (Å²) in [7, 11) is 0. The van der Waals surface area contributed by atoms with Gasteiger partial charge < -0.3 is 4.98 Å². The zero-order chi connectivity index (χ0) is 11.8. The van der Waals surface area contributed by atoms with Gasteiger partial charge in [-0.2, -0.15) is 13.2 Å². The van der Waals surface area contributed by atoms with Gasteiger partial charge in [-0.05, 0) is 6.07 Å². The molecule has 2 rings (SSSR count). The zero-order valence-corrected chi connectivity index (χ0v) is 7.88. The van der Waals surface area contributed by atoms with E-state index in [1.54, 1.807) is 6.07 Å². The first-order valence-corrected chi connectivity index (χ1v) is 4.35. The van der Waals surface area contributed by atoms with Crippen molar-refractivity contribution in [2.45, 2.75) is 12.6 Å². The maximum Gasteiger partial charge on any atom is 0.450 e. The molecule has 0 aliphatic rings. The first-order chi connectivity index (χ1) is 7.47. The normalized spacial score (nSPS) is 11.9. The molecule has 0 radical (unpaired) electrons. The molecule has 0 bridgehead atoms. The number of aromatic nitrogens is 3. The van der Waals surface area contributed by atoms with E-state index >= 15 is 0 Å². The van der Waals surface area contributed by atoms with E-state index in [2.05, 4.69) is 15.0 Å².